The number of hydrogen-bond donors (Lipinski definition) is 2. The number of rotatable bonds is 3. The predicted molar refractivity (Wildman–Crippen MR) is 67.5 cm³/mol. The lowest BCUT2D eigenvalue weighted by Crippen LogP contribution is -2.25. The highest BCUT2D eigenvalue weighted by atomic mass is 32.2. The van der Waals surface area contributed by atoms with Gasteiger partial charge in [0.1, 0.15) is 22.9 Å². The number of nitrogens with two attached hydrogens (primary N) is 1. The van der Waals surface area contributed by atoms with Crippen LogP contribution in [-0.2, 0) is 0 Å². The second kappa shape index (κ2) is 4.76. The molecule has 1 heterocycles. The summed E-state index contributed by atoms with van der Waals surface area (Å²) in [4.78, 5) is 0. The van der Waals surface area contributed by atoms with Gasteiger partial charge in [-0.25, -0.2) is 0 Å². The molecule has 0 saturated heterocycles. The van der Waals surface area contributed by atoms with Crippen molar-refractivity contribution in [2.24, 2.45) is 10.8 Å². The van der Waals surface area contributed by atoms with Gasteiger partial charge in [0.15, 0.2) is 0 Å². The van der Waals surface area contributed by atoms with Crippen LogP contribution in [0.2, 0.25) is 0 Å². The van der Waals surface area contributed by atoms with Crippen LogP contribution in [0.15, 0.2) is 23.3 Å². The Morgan fingerprint density at radius 1 is 1.50 bits per heavy atom. The summed E-state index contributed by atoms with van der Waals surface area (Å²) in [7, 11) is 0. The second-order valence-electron chi connectivity index (χ2n) is 3.73. The molecule has 1 aliphatic rings. The quantitative estimate of drug-likeness (QED) is 0.838. The molecule has 1 aromatic rings. The third-order valence-electron chi connectivity index (χ3n) is 2.26. The average molecular weight is 237 g/mol. The Bertz CT molecular complexity index is 420. The van der Waals surface area contributed by atoms with Gasteiger partial charge in [0.25, 0.3) is 0 Å². The first kappa shape index (κ1) is 11.3. The number of hydrogen-bond acceptors (Lipinski definition) is 5. The predicted octanol–water partition coefficient (Wildman–Crippen LogP) is 1.57. The number of nitrogens with zero attached hydrogens (tertiary/aromatic N) is 1. The number of nitrogens with one attached hydrogen (secondary N) is 1. The molecule has 0 aromatic heterocycles. The zero-order chi connectivity index (χ0) is 11.5. The van der Waals surface area contributed by atoms with Crippen molar-refractivity contribution in [1.29, 1.82) is 0 Å². The van der Waals surface area contributed by atoms with Gasteiger partial charge in [-0.2, -0.15) is 5.10 Å². The lowest BCUT2D eigenvalue weighted by molar-refractivity contribution is 0.376. The highest BCUT2D eigenvalue weighted by molar-refractivity contribution is 8.14. The molecule has 4 nitrogen and oxygen atoms in total. The SMILES string of the molecule is Cc1ccc(OCC2=NNC(N)S2)c(C)c1. The van der Waals surface area contributed by atoms with Crippen molar-refractivity contribution in [3.63, 3.8) is 0 Å². The van der Waals surface area contributed by atoms with Crippen molar-refractivity contribution >= 4 is 16.8 Å². The fraction of sp³-hybridized carbons (Fsp3) is 0.364. The van der Waals surface area contributed by atoms with Crippen molar-refractivity contribution in [3.8, 4) is 5.75 Å². The van der Waals surface area contributed by atoms with Crippen LogP contribution >= 0.6 is 11.8 Å². The van der Waals surface area contributed by atoms with E-state index in [0.717, 1.165) is 16.4 Å². The summed E-state index contributed by atoms with van der Waals surface area (Å²) in [6.45, 7) is 4.57. The van der Waals surface area contributed by atoms with E-state index in [4.69, 9.17) is 10.5 Å². The molecule has 0 spiro atoms. The molecule has 0 aliphatic carbocycles. The molecule has 0 radical (unpaired) electrons. The van der Waals surface area contributed by atoms with Crippen LogP contribution in [0, 0.1) is 13.8 Å². The van der Waals surface area contributed by atoms with Crippen LogP contribution in [0.5, 0.6) is 5.75 Å². The number of hydrazone groups is 1. The highest BCUT2D eigenvalue weighted by Gasteiger charge is 2.15. The fourth-order valence-electron chi connectivity index (χ4n) is 1.50. The summed E-state index contributed by atoms with van der Waals surface area (Å²) in [5, 5.41) is 4.94. The van der Waals surface area contributed by atoms with Crippen LogP contribution in [0.25, 0.3) is 0 Å². The van der Waals surface area contributed by atoms with E-state index < -0.39 is 0 Å². The Labute approximate surface area is 99.2 Å². The monoisotopic (exact) mass is 237 g/mol. The van der Waals surface area contributed by atoms with Gasteiger partial charge in [0.05, 0.1) is 0 Å². The Morgan fingerprint density at radius 2 is 2.31 bits per heavy atom. The van der Waals surface area contributed by atoms with E-state index in [1.807, 2.05) is 19.1 Å². The standard InChI is InChI=1S/C11H15N3OS/c1-7-3-4-9(8(2)5-7)15-6-10-13-14-11(12)16-10/h3-5,11,14H,6,12H2,1-2H3. The zero-order valence-corrected chi connectivity index (χ0v) is 10.2. The molecular formula is C11H15N3OS. The lowest BCUT2D eigenvalue weighted by atomic mass is 10.1. The molecule has 3 N–H and O–H groups in total. The molecule has 86 valence electrons. The summed E-state index contributed by atoms with van der Waals surface area (Å²) < 4.78 is 5.68. The van der Waals surface area contributed by atoms with Crippen molar-refractivity contribution in [1.82, 2.24) is 5.43 Å². The van der Waals surface area contributed by atoms with Gasteiger partial charge in [0, 0.05) is 0 Å². The maximum atomic E-state index is 5.68. The molecule has 16 heavy (non-hydrogen) atoms. The fourth-order valence-corrected chi connectivity index (χ4v) is 2.13. The van der Waals surface area contributed by atoms with Gasteiger partial charge >= 0.3 is 0 Å². The molecular weight excluding hydrogens is 222 g/mol. The summed E-state index contributed by atoms with van der Waals surface area (Å²) in [6.07, 6.45) is 0. The molecule has 0 amide bonds. The van der Waals surface area contributed by atoms with Crippen molar-refractivity contribution < 1.29 is 4.74 Å². The molecule has 1 aliphatic heterocycles. The van der Waals surface area contributed by atoms with Gasteiger partial charge in [-0.1, -0.05) is 29.5 Å². The molecule has 0 fully saturated rings. The van der Waals surface area contributed by atoms with Gasteiger partial charge in [-0.15, -0.1) is 0 Å². The minimum atomic E-state index is -0.141. The van der Waals surface area contributed by atoms with Crippen molar-refractivity contribution in [3.05, 3.63) is 29.3 Å². The maximum Gasteiger partial charge on any atom is 0.144 e. The van der Waals surface area contributed by atoms with Gasteiger partial charge in [-0.05, 0) is 25.5 Å². The molecule has 1 atom stereocenters. The van der Waals surface area contributed by atoms with Crippen LogP contribution in [0.3, 0.4) is 0 Å². The average Bonchev–Trinajstić information content (AvgIpc) is 2.63. The Kier molecular flexibility index (Phi) is 3.36. The number of aryl methyl sites for hydroxylation is 2. The van der Waals surface area contributed by atoms with Crippen LogP contribution in [0.1, 0.15) is 11.1 Å². The molecule has 2 rings (SSSR count). The van der Waals surface area contributed by atoms with E-state index in [0.29, 0.717) is 6.61 Å². The third-order valence-corrected chi connectivity index (χ3v) is 3.10. The van der Waals surface area contributed by atoms with Gasteiger partial charge in [0.2, 0.25) is 0 Å². The lowest BCUT2D eigenvalue weighted by Gasteiger charge is -2.08. The van der Waals surface area contributed by atoms with E-state index in [2.05, 4.69) is 23.5 Å². The van der Waals surface area contributed by atoms with Crippen molar-refractivity contribution in [2.45, 2.75) is 19.3 Å². The Balaban J connectivity index is 1.95. The van der Waals surface area contributed by atoms with Crippen LogP contribution in [0.4, 0.5) is 0 Å². The molecule has 1 aromatic carbocycles. The summed E-state index contributed by atoms with van der Waals surface area (Å²) in [5.74, 6) is 0.898. The molecule has 0 saturated carbocycles. The summed E-state index contributed by atoms with van der Waals surface area (Å²) in [6, 6.07) is 6.12. The van der Waals surface area contributed by atoms with Crippen LogP contribution < -0.4 is 15.9 Å². The number of ether oxygens (including phenoxy) is 1. The number of benzene rings is 1. The second-order valence-corrected chi connectivity index (χ2v) is 4.95. The topological polar surface area (TPSA) is 59.6 Å². The maximum absolute atomic E-state index is 5.68. The van der Waals surface area contributed by atoms with E-state index >= 15 is 0 Å². The number of thioether (sulfide) groups is 1. The highest BCUT2D eigenvalue weighted by Crippen LogP contribution is 2.20. The van der Waals surface area contributed by atoms with E-state index in [-0.39, 0.29) is 5.50 Å². The Morgan fingerprint density at radius 3 is 2.94 bits per heavy atom. The molecule has 1 unspecified atom stereocenters. The first-order chi connectivity index (χ1) is 7.65. The first-order valence-corrected chi connectivity index (χ1v) is 5.97. The minimum absolute atomic E-state index is 0.141. The normalized spacial score (nSPS) is 19.2. The summed E-state index contributed by atoms with van der Waals surface area (Å²) in [5.41, 5.74) is 10.6. The minimum Gasteiger partial charge on any atom is -0.486 e. The molecule has 5 heteroatoms. The first-order valence-electron chi connectivity index (χ1n) is 5.09. The summed E-state index contributed by atoms with van der Waals surface area (Å²) >= 11 is 1.49. The van der Waals surface area contributed by atoms with Gasteiger partial charge in [-0.3, -0.25) is 5.43 Å². The van der Waals surface area contributed by atoms with E-state index in [1.54, 1.807) is 0 Å². The smallest absolute Gasteiger partial charge is 0.144 e. The van der Waals surface area contributed by atoms with Crippen molar-refractivity contribution in [2.75, 3.05) is 6.61 Å². The van der Waals surface area contributed by atoms with E-state index in [9.17, 15) is 0 Å². The largest absolute Gasteiger partial charge is 0.486 e. The molecule has 0 bridgehead atoms. The van der Waals surface area contributed by atoms with Gasteiger partial charge < -0.3 is 10.5 Å². The Hall–Kier alpha value is -1.20. The van der Waals surface area contributed by atoms with E-state index in [1.165, 1.54) is 17.3 Å². The third kappa shape index (κ3) is 2.68. The van der Waals surface area contributed by atoms with Crippen LogP contribution in [-0.4, -0.2) is 17.1 Å². The zero-order valence-electron chi connectivity index (χ0n) is 9.36.